The molecule has 0 unspecified atom stereocenters. The molecule has 1 aromatic carbocycles. The van der Waals surface area contributed by atoms with Gasteiger partial charge in [-0.05, 0) is 37.6 Å². The molecular formula is C21H23N7OS. The second-order valence-corrected chi connectivity index (χ2v) is 8.03. The molecule has 8 nitrogen and oxygen atoms in total. The molecule has 0 spiro atoms. The van der Waals surface area contributed by atoms with Crippen LogP contribution in [0.2, 0.25) is 0 Å². The molecule has 3 heterocycles. The van der Waals surface area contributed by atoms with Crippen LogP contribution in [0.3, 0.4) is 0 Å². The molecule has 2 aromatic heterocycles. The molecule has 0 atom stereocenters. The van der Waals surface area contributed by atoms with Gasteiger partial charge in [-0.3, -0.25) is 0 Å². The first kappa shape index (κ1) is 20.1. The van der Waals surface area contributed by atoms with Crippen molar-refractivity contribution < 1.29 is 4.74 Å². The lowest BCUT2D eigenvalue weighted by atomic mass is 10.1. The van der Waals surface area contributed by atoms with Crippen LogP contribution in [0.15, 0.2) is 24.4 Å². The molecule has 0 amide bonds. The number of benzene rings is 1. The third-order valence-corrected chi connectivity index (χ3v) is 6.01. The summed E-state index contributed by atoms with van der Waals surface area (Å²) in [5.41, 5.74) is 5.04. The van der Waals surface area contributed by atoms with Gasteiger partial charge in [0.2, 0.25) is 5.95 Å². The Labute approximate surface area is 179 Å². The van der Waals surface area contributed by atoms with E-state index in [0.717, 1.165) is 58.9 Å². The number of ether oxygens (including phenoxy) is 1. The quantitative estimate of drug-likeness (QED) is 0.643. The van der Waals surface area contributed by atoms with Crippen LogP contribution in [0.4, 0.5) is 22.5 Å². The van der Waals surface area contributed by atoms with E-state index in [0.29, 0.717) is 17.2 Å². The number of nitrogens with one attached hydrogen (secondary N) is 2. The molecule has 1 saturated heterocycles. The Morgan fingerprint density at radius 2 is 1.97 bits per heavy atom. The third-order valence-electron chi connectivity index (χ3n) is 4.83. The number of hydrogen-bond acceptors (Lipinski definition) is 9. The normalized spacial score (nSPS) is 13.7. The summed E-state index contributed by atoms with van der Waals surface area (Å²) in [5.74, 6) is 0.446. The lowest BCUT2D eigenvalue weighted by Crippen LogP contribution is -2.36. The van der Waals surface area contributed by atoms with Crippen LogP contribution in [-0.2, 0) is 4.74 Å². The lowest BCUT2D eigenvalue weighted by Gasteiger charge is -2.29. The number of anilines is 4. The monoisotopic (exact) mass is 421 g/mol. The molecule has 0 radical (unpaired) electrons. The average Bonchev–Trinajstić information content (AvgIpc) is 3.14. The number of aromatic nitrogens is 3. The Morgan fingerprint density at radius 3 is 2.67 bits per heavy atom. The van der Waals surface area contributed by atoms with Crippen LogP contribution < -0.4 is 15.5 Å². The highest BCUT2D eigenvalue weighted by Gasteiger charge is 2.17. The van der Waals surface area contributed by atoms with Gasteiger partial charge >= 0.3 is 0 Å². The first-order valence-corrected chi connectivity index (χ1v) is 10.5. The molecule has 2 N–H and O–H groups in total. The summed E-state index contributed by atoms with van der Waals surface area (Å²) in [4.78, 5) is 16.6. The molecule has 9 heteroatoms. The van der Waals surface area contributed by atoms with Crippen molar-refractivity contribution in [2.24, 2.45) is 0 Å². The molecular weight excluding hydrogens is 398 g/mol. The summed E-state index contributed by atoms with van der Waals surface area (Å²) in [6.45, 7) is 7.21. The molecule has 1 fully saturated rings. The smallest absolute Gasteiger partial charge is 0.227 e. The molecule has 30 heavy (non-hydrogen) atoms. The van der Waals surface area contributed by atoms with Crippen LogP contribution in [-0.4, -0.2) is 48.3 Å². The Hall–Kier alpha value is -3.22. The first-order chi connectivity index (χ1) is 14.6. The number of nitriles is 1. The van der Waals surface area contributed by atoms with Crippen molar-refractivity contribution in [3.8, 4) is 16.6 Å². The molecule has 4 rings (SSSR count). The van der Waals surface area contributed by atoms with Gasteiger partial charge in [0.25, 0.3) is 0 Å². The van der Waals surface area contributed by atoms with E-state index in [9.17, 15) is 5.26 Å². The summed E-state index contributed by atoms with van der Waals surface area (Å²) in [7, 11) is 1.82. The SMILES string of the molecule is CNc1nc(C)c(-c2nc(Nc3cc(C)cc(N4CCOCC4)c3)ncc2C#N)s1. The zero-order valence-electron chi connectivity index (χ0n) is 17.2. The zero-order chi connectivity index (χ0) is 21.1. The molecule has 3 aromatic rings. The number of rotatable bonds is 5. The molecule has 0 aliphatic carbocycles. The fraction of sp³-hybridized carbons (Fsp3) is 0.333. The molecule has 0 bridgehead atoms. The maximum absolute atomic E-state index is 9.53. The van der Waals surface area contributed by atoms with E-state index in [1.807, 2.05) is 14.0 Å². The van der Waals surface area contributed by atoms with Gasteiger partial charge in [0, 0.05) is 31.5 Å². The Balaban J connectivity index is 1.66. The van der Waals surface area contributed by atoms with Crippen molar-refractivity contribution in [3.05, 3.63) is 41.2 Å². The summed E-state index contributed by atoms with van der Waals surface area (Å²) >= 11 is 1.47. The van der Waals surface area contributed by atoms with Crippen molar-refractivity contribution in [2.45, 2.75) is 13.8 Å². The summed E-state index contributed by atoms with van der Waals surface area (Å²) < 4.78 is 5.46. The summed E-state index contributed by atoms with van der Waals surface area (Å²) in [5, 5.41) is 16.7. The van der Waals surface area contributed by atoms with E-state index in [1.54, 1.807) is 6.20 Å². The highest BCUT2D eigenvalue weighted by molar-refractivity contribution is 7.19. The van der Waals surface area contributed by atoms with E-state index in [-0.39, 0.29) is 0 Å². The standard InChI is InChI=1S/C21H23N7OS/c1-13-8-16(10-17(9-13)28-4-6-29-7-5-28)26-20-24-12-15(11-22)18(27-20)19-14(2)25-21(23-3)30-19/h8-10,12H,4-7H2,1-3H3,(H,23,25)(H,24,26,27). The average molecular weight is 422 g/mol. The third kappa shape index (κ3) is 4.20. The van der Waals surface area contributed by atoms with Gasteiger partial charge in [-0.15, -0.1) is 0 Å². The number of nitrogens with zero attached hydrogens (tertiary/aromatic N) is 5. The zero-order valence-corrected chi connectivity index (χ0v) is 18.0. The first-order valence-electron chi connectivity index (χ1n) is 9.71. The molecule has 154 valence electrons. The maximum atomic E-state index is 9.53. The molecule has 1 aliphatic heterocycles. The van der Waals surface area contributed by atoms with Crippen LogP contribution in [0.1, 0.15) is 16.8 Å². The predicted molar refractivity (Wildman–Crippen MR) is 120 cm³/mol. The minimum atomic E-state index is 0.424. The lowest BCUT2D eigenvalue weighted by molar-refractivity contribution is 0.122. The second-order valence-electron chi connectivity index (χ2n) is 7.03. The minimum absolute atomic E-state index is 0.424. The van der Waals surface area contributed by atoms with Gasteiger partial charge in [-0.25, -0.2) is 15.0 Å². The van der Waals surface area contributed by atoms with Crippen LogP contribution >= 0.6 is 11.3 Å². The molecule has 1 aliphatic rings. The number of thiazole rings is 1. The van der Waals surface area contributed by atoms with Gasteiger partial charge in [0.05, 0.1) is 35.5 Å². The number of hydrogen-bond donors (Lipinski definition) is 2. The fourth-order valence-corrected chi connectivity index (χ4v) is 4.31. The Morgan fingerprint density at radius 1 is 1.17 bits per heavy atom. The van der Waals surface area contributed by atoms with Crippen LogP contribution in [0, 0.1) is 25.2 Å². The number of aryl methyl sites for hydroxylation is 2. The predicted octanol–water partition coefficient (Wildman–Crippen LogP) is 3.71. The van der Waals surface area contributed by atoms with Crippen LogP contribution in [0.5, 0.6) is 0 Å². The highest BCUT2D eigenvalue weighted by atomic mass is 32.1. The van der Waals surface area contributed by atoms with E-state index in [4.69, 9.17) is 4.74 Å². The Kier molecular flexibility index (Phi) is 5.79. The van der Waals surface area contributed by atoms with E-state index in [2.05, 4.69) is 61.7 Å². The Bertz CT molecular complexity index is 1100. The van der Waals surface area contributed by atoms with Gasteiger partial charge in [0.15, 0.2) is 5.13 Å². The van der Waals surface area contributed by atoms with E-state index in [1.165, 1.54) is 11.3 Å². The topological polar surface area (TPSA) is 99.0 Å². The van der Waals surface area contributed by atoms with E-state index >= 15 is 0 Å². The highest BCUT2D eigenvalue weighted by Crippen LogP contribution is 2.34. The van der Waals surface area contributed by atoms with Crippen LogP contribution in [0.25, 0.3) is 10.6 Å². The van der Waals surface area contributed by atoms with Crippen molar-refractivity contribution in [2.75, 3.05) is 48.9 Å². The minimum Gasteiger partial charge on any atom is -0.378 e. The largest absolute Gasteiger partial charge is 0.378 e. The van der Waals surface area contributed by atoms with Gasteiger partial charge in [-0.2, -0.15) is 5.26 Å². The summed E-state index contributed by atoms with van der Waals surface area (Å²) in [6.07, 6.45) is 1.56. The van der Waals surface area contributed by atoms with Gasteiger partial charge < -0.3 is 20.3 Å². The van der Waals surface area contributed by atoms with Crippen molar-refractivity contribution >= 4 is 33.8 Å². The van der Waals surface area contributed by atoms with Crippen molar-refractivity contribution in [1.82, 2.24) is 15.0 Å². The van der Waals surface area contributed by atoms with Gasteiger partial charge in [0.1, 0.15) is 11.8 Å². The maximum Gasteiger partial charge on any atom is 0.227 e. The second kappa shape index (κ2) is 8.65. The van der Waals surface area contributed by atoms with Crippen molar-refractivity contribution in [1.29, 1.82) is 5.26 Å². The van der Waals surface area contributed by atoms with Gasteiger partial charge in [-0.1, -0.05) is 11.3 Å². The summed E-state index contributed by atoms with van der Waals surface area (Å²) in [6, 6.07) is 8.51. The van der Waals surface area contributed by atoms with Crippen molar-refractivity contribution in [3.63, 3.8) is 0 Å². The fourth-order valence-electron chi connectivity index (χ4n) is 3.39. The molecule has 0 saturated carbocycles. The number of morpholine rings is 1. The van der Waals surface area contributed by atoms with E-state index < -0.39 is 0 Å².